The largest absolute Gasteiger partial charge is 0.493 e. The first-order valence-electron chi connectivity index (χ1n) is 8.61. The van der Waals surface area contributed by atoms with E-state index in [1.807, 2.05) is 0 Å². The minimum atomic E-state index is -1.29. The maximum atomic E-state index is 12.1. The Bertz CT molecular complexity index is 975. The maximum absolute atomic E-state index is 12.1. The van der Waals surface area contributed by atoms with Gasteiger partial charge in [-0.25, -0.2) is 9.59 Å². The summed E-state index contributed by atoms with van der Waals surface area (Å²) in [7, 11) is 1.49. The first kappa shape index (κ1) is 21.0. The van der Waals surface area contributed by atoms with Gasteiger partial charge in [-0.1, -0.05) is 35.3 Å². The Morgan fingerprint density at radius 2 is 1.69 bits per heavy atom. The van der Waals surface area contributed by atoms with Crippen LogP contribution in [0.2, 0.25) is 10.0 Å². The van der Waals surface area contributed by atoms with Crippen LogP contribution in [0, 0.1) is 0 Å². The lowest BCUT2D eigenvalue weighted by atomic mass is 10.1. The van der Waals surface area contributed by atoms with E-state index >= 15 is 0 Å². The van der Waals surface area contributed by atoms with Crippen LogP contribution in [0.1, 0.15) is 25.0 Å². The number of esters is 2. The van der Waals surface area contributed by atoms with Gasteiger partial charge in [-0.05, 0) is 35.9 Å². The third-order valence-corrected chi connectivity index (χ3v) is 4.60. The van der Waals surface area contributed by atoms with E-state index in [1.54, 1.807) is 36.4 Å². The number of hydrogen-bond acceptors (Lipinski definition) is 6. The van der Waals surface area contributed by atoms with Gasteiger partial charge in [0, 0.05) is 29.5 Å². The van der Waals surface area contributed by atoms with Crippen LogP contribution < -0.4 is 9.47 Å². The monoisotopic (exact) mass is 436 g/mol. The van der Waals surface area contributed by atoms with Crippen LogP contribution in [0.5, 0.6) is 11.5 Å². The van der Waals surface area contributed by atoms with Crippen LogP contribution in [0.4, 0.5) is 0 Å². The van der Waals surface area contributed by atoms with Crippen molar-refractivity contribution in [3.63, 3.8) is 0 Å². The molecule has 0 aromatic heterocycles. The molecule has 2 aromatic rings. The zero-order valence-electron chi connectivity index (χ0n) is 16.0. The molecule has 0 N–H and O–H groups in total. The molecule has 1 aliphatic heterocycles. The Balaban J connectivity index is 1.80. The third-order valence-electron chi connectivity index (χ3n) is 4.01. The van der Waals surface area contributed by atoms with Crippen molar-refractivity contribution in [2.75, 3.05) is 7.11 Å². The molecule has 2 aromatic carbocycles. The van der Waals surface area contributed by atoms with Crippen molar-refractivity contribution >= 4 is 41.2 Å². The van der Waals surface area contributed by atoms with Gasteiger partial charge in [0.25, 0.3) is 5.79 Å². The average molecular weight is 437 g/mol. The number of rotatable bonds is 5. The Morgan fingerprint density at radius 3 is 2.31 bits per heavy atom. The van der Waals surface area contributed by atoms with E-state index in [0.29, 0.717) is 27.1 Å². The lowest BCUT2D eigenvalue weighted by Gasteiger charge is -2.29. The summed E-state index contributed by atoms with van der Waals surface area (Å²) in [5.74, 6) is -1.90. The number of carbonyl (C=O) groups is 2. The summed E-state index contributed by atoms with van der Waals surface area (Å²) in [5, 5.41) is 1.03. The fourth-order valence-electron chi connectivity index (χ4n) is 2.63. The van der Waals surface area contributed by atoms with E-state index in [-0.39, 0.29) is 12.2 Å². The molecule has 29 heavy (non-hydrogen) atoms. The van der Waals surface area contributed by atoms with Crippen LogP contribution in [-0.4, -0.2) is 24.8 Å². The third kappa shape index (κ3) is 5.02. The number of cyclic esters (lactones) is 2. The van der Waals surface area contributed by atoms with Gasteiger partial charge >= 0.3 is 11.9 Å². The molecule has 8 heteroatoms. The van der Waals surface area contributed by atoms with Crippen molar-refractivity contribution in [1.29, 1.82) is 0 Å². The predicted octanol–water partition coefficient (Wildman–Crippen LogP) is 4.80. The van der Waals surface area contributed by atoms with Crippen molar-refractivity contribution in [2.24, 2.45) is 0 Å². The number of ether oxygens (including phenoxy) is 4. The molecule has 152 valence electrons. The molecule has 1 heterocycles. The summed E-state index contributed by atoms with van der Waals surface area (Å²) in [5.41, 5.74) is 1.11. The van der Waals surface area contributed by atoms with Gasteiger partial charge in [-0.15, -0.1) is 0 Å². The number of benzene rings is 2. The number of carbonyl (C=O) groups excluding carboxylic acids is 2. The van der Waals surface area contributed by atoms with Gasteiger partial charge in [0.05, 0.1) is 7.11 Å². The van der Waals surface area contributed by atoms with Crippen molar-refractivity contribution < 1.29 is 28.5 Å². The summed E-state index contributed by atoms with van der Waals surface area (Å²) in [4.78, 5) is 24.2. The van der Waals surface area contributed by atoms with Gasteiger partial charge < -0.3 is 18.9 Å². The first-order chi connectivity index (χ1) is 13.7. The fraction of sp³-hybridized carbons (Fsp3) is 0.238. The molecular weight excluding hydrogens is 419 g/mol. The molecule has 0 saturated carbocycles. The molecule has 1 fully saturated rings. The highest BCUT2D eigenvalue weighted by Gasteiger charge is 2.38. The van der Waals surface area contributed by atoms with Gasteiger partial charge in [-0.3, -0.25) is 0 Å². The van der Waals surface area contributed by atoms with Crippen LogP contribution >= 0.6 is 23.2 Å². The van der Waals surface area contributed by atoms with Crippen molar-refractivity contribution in [3.8, 4) is 11.5 Å². The predicted molar refractivity (Wildman–Crippen MR) is 108 cm³/mol. The van der Waals surface area contributed by atoms with E-state index < -0.39 is 17.7 Å². The molecule has 1 saturated heterocycles. The van der Waals surface area contributed by atoms with E-state index in [4.69, 9.17) is 42.1 Å². The highest BCUT2D eigenvalue weighted by atomic mass is 35.5. The second-order valence-corrected chi connectivity index (χ2v) is 7.52. The normalized spacial score (nSPS) is 15.4. The number of halogens is 2. The van der Waals surface area contributed by atoms with Gasteiger partial charge in [0.15, 0.2) is 11.5 Å². The van der Waals surface area contributed by atoms with Gasteiger partial charge in [0.1, 0.15) is 12.2 Å². The molecule has 0 atom stereocenters. The molecule has 0 aliphatic carbocycles. The first-order valence-corrected chi connectivity index (χ1v) is 9.37. The Labute approximate surface area is 177 Å². The summed E-state index contributed by atoms with van der Waals surface area (Å²) in [6.07, 6.45) is 1.38. The highest BCUT2D eigenvalue weighted by molar-refractivity contribution is 6.35. The highest BCUT2D eigenvalue weighted by Crippen LogP contribution is 2.32. The average Bonchev–Trinajstić information content (AvgIpc) is 2.63. The molecule has 1 aliphatic rings. The summed E-state index contributed by atoms with van der Waals surface area (Å²) >= 11 is 12.1. The van der Waals surface area contributed by atoms with Crippen molar-refractivity contribution in [3.05, 3.63) is 63.1 Å². The SMILES string of the molecule is COc1cc(C=C2C(=O)OC(C)(C)OC2=O)ccc1OCc1ccc(Cl)cc1Cl. The maximum Gasteiger partial charge on any atom is 0.348 e. The van der Waals surface area contributed by atoms with Crippen molar-refractivity contribution in [1.82, 2.24) is 0 Å². The summed E-state index contributed by atoms with van der Waals surface area (Å²) in [6.45, 7) is 3.18. The minimum absolute atomic E-state index is 0.201. The molecule has 0 bridgehead atoms. The lowest BCUT2D eigenvalue weighted by Crippen LogP contribution is -2.41. The van der Waals surface area contributed by atoms with E-state index in [1.165, 1.54) is 27.0 Å². The van der Waals surface area contributed by atoms with E-state index in [2.05, 4.69) is 0 Å². The standard InChI is InChI=1S/C21H18Cl2O6/c1-21(2)28-19(24)15(20(25)29-21)8-12-4-7-17(18(9-12)26-3)27-11-13-5-6-14(22)10-16(13)23/h4-10H,11H2,1-3H3. The van der Waals surface area contributed by atoms with Crippen molar-refractivity contribution in [2.45, 2.75) is 26.2 Å². The number of methoxy groups -OCH3 is 1. The topological polar surface area (TPSA) is 71.1 Å². The van der Waals surface area contributed by atoms with E-state index in [9.17, 15) is 9.59 Å². The van der Waals surface area contributed by atoms with E-state index in [0.717, 1.165) is 5.56 Å². The summed E-state index contributed by atoms with van der Waals surface area (Å²) < 4.78 is 21.3. The zero-order valence-corrected chi connectivity index (χ0v) is 17.5. The zero-order chi connectivity index (χ0) is 21.2. The Kier molecular flexibility index (Phi) is 6.05. The number of hydrogen-bond donors (Lipinski definition) is 0. The Morgan fingerprint density at radius 1 is 1.00 bits per heavy atom. The molecule has 3 rings (SSSR count). The van der Waals surface area contributed by atoms with Gasteiger partial charge in [0.2, 0.25) is 0 Å². The Hall–Kier alpha value is -2.70. The molecule has 0 unspecified atom stereocenters. The van der Waals surface area contributed by atoms with Crippen LogP contribution in [0.15, 0.2) is 42.0 Å². The second-order valence-electron chi connectivity index (χ2n) is 6.67. The fourth-order valence-corrected chi connectivity index (χ4v) is 3.10. The second kappa shape index (κ2) is 8.35. The lowest BCUT2D eigenvalue weighted by molar-refractivity contribution is -0.222. The molecule has 0 amide bonds. The molecule has 0 radical (unpaired) electrons. The smallest absolute Gasteiger partial charge is 0.348 e. The summed E-state index contributed by atoms with van der Waals surface area (Å²) in [6, 6.07) is 10.1. The van der Waals surface area contributed by atoms with Crippen LogP contribution in [-0.2, 0) is 25.7 Å². The van der Waals surface area contributed by atoms with Crippen LogP contribution in [0.3, 0.4) is 0 Å². The van der Waals surface area contributed by atoms with Crippen LogP contribution in [0.25, 0.3) is 6.08 Å². The molecular formula is C21H18Cl2O6. The quantitative estimate of drug-likeness (QED) is 0.380. The molecule has 0 spiro atoms. The van der Waals surface area contributed by atoms with Gasteiger partial charge in [-0.2, -0.15) is 0 Å². The minimum Gasteiger partial charge on any atom is -0.493 e. The molecule has 6 nitrogen and oxygen atoms in total.